The molecule has 0 fully saturated rings. The van der Waals surface area contributed by atoms with Crippen LogP contribution in [0.1, 0.15) is 59.9 Å². The number of rotatable bonds is 8. The van der Waals surface area contributed by atoms with Crippen LogP contribution in [0.3, 0.4) is 0 Å². The van der Waals surface area contributed by atoms with Crippen molar-refractivity contribution in [3.8, 4) is 5.75 Å². The standard InChI is InChI=1S/C27H34FNO7S/c1-17-22(13-14-24(30)27(5,6)32)35-23-12-7-18(16-25(31)36-26(2,3)4)15-21(23)29(17)37(33,34)20-10-8-19(28)9-11-20/h7-12,15,17,22,32H,13-14,16H2,1-6H3/t17-,22+/m1/s1. The number of fused-ring (bicyclic) bond motifs is 1. The van der Waals surface area contributed by atoms with Gasteiger partial charge in [-0.2, -0.15) is 0 Å². The third kappa shape index (κ3) is 6.87. The lowest BCUT2D eigenvalue weighted by Crippen LogP contribution is -2.51. The maximum absolute atomic E-state index is 13.8. The Hall–Kier alpha value is -2.98. The lowest BCUT2D eigenvalue weighted by molar-refractivity contribution is -0.153. The molecule has 0 aliphatic carbocycles. The van der Waals surface area contributed by atoms with Gasteiger partial charge in [0.1, 0.15) is 28.9 Å². The minimum atomic E-state index is -4.18. The van der Waals surface area contributed by atoms with Crippen LogP contribution in [0.25, 0.3) is 0 Å². The van der Waals surface area contributed by atoms with E-state index in [1.54, 1.807) is 45.9 Å². The molecule has 37 heavy (non-hydrogen) atoms. The van der Waals surface area contributed by atoms with Crippen LogP contribution in [0, 0.1) is 5.82 Å². The summed E-state index contributed by atoms with van der Waals surface area (Å²) in [5.74, 6) is -1.17. The lowest BCUT2D eigenvalue weighted by atomic mass is 9.95. The van der Waals surface area contributed by atoms with Crippen molar-refractivity contribution >= 4 is 27.5 Å². The number of hydrogen-bond acceptors (Lipinski definition) is 7. The summed E-state index contributed by atoms with van der Waals surface area (Å²) in [7, 11) is -4.18. The van der Waals surface area contributed by atoms with Crippen molar-refractivity contribution in [1.82, 2.24) is 0 Å². The summed E-state index contributed by atoms with van der Waals surface area (Å²) in [5, 5.41) is 10.00. The minimum absolute atomic E-state index is 0.0188. The molecule has 0 bridgehead atoms. The van der Waals surface area contributed by atoms with E-state index in [2.05, 4.69) is 0 Å². The van der Waals surface area contributed by atoms with Crippen LogP contribution in [0.2, 0.25) is 0 Å². The molecule has 1 aliphatic heterocycles. The van der Waals surface area contributed by atoms with Crippen LogP contribution in [0.15, 0.2) is 47.4 Å². The van der Waals surface area contributed by atoms with Gasteiger partial charge in [-0.25, -0.2) is 12.8 Å². The first kappa shape index (κ1) is 28.6. The van der Waals surface area contributed by atoms with E-state index in [1.807, 2.05) is 0 Å². The number of esters is 1. The fourth-order valence-corrected chi connectivity index (χ4v) is 5.75. The van der Waals surface area contributed by atoms with Gasteiger partial charge in [-0.1, -0.05) is 6.07 Å². The molecule has 0 aromatic heterocycles. The Morgan fingerprint density at radius 1 is 1.08 bits per heavy atom. The molecule has 0 radical (unpaired) electrons. The van der Waals surface area contributed by atoms with E-state index in [-0.39, 0.29) is 35.6 Å². The molecule has 0 spiro atoms. The van der Waals surface area contributed by atoms with Crippen LogP contribution in [0.4, 0.5) is 10.1 Å². The van der Waals surface area contributed by atoms with E-state index in [1.165, 1.54) is 30.3 Å². The molecule has 0 amide bonds. The first-order valence-electron chi connectivity index (χ1n) is 12.1. The molecule has 1 heterocycles. The Labute approximate surface area is 217 Å². The number of carbonyl (C=O) groups is 2. The molecule has 2 atom stereocenters. The molecule has 202 valence electrons. The zero-order chi connectivity index (χ0) is 27.8. The number of ether oxygens (including phenoxy) is 2. The van der Waals surface area contributed by atoms with Gasteiger partial charge in [-0.15, -0.1) is 0 Å². The largest absolute Gasteiger partial charge is 0.486 e. The molecule has 3 rings (SSSR count). The Morgan fingerprint density at radius 2 is 1.70 bits per heavy atom. The highest BCUT2D eigenvalue weighted by atomic mass is 32.2. The quantitative estimate of drug-likeness (QED) is 0.505. The van der Waals surface area contributed by atoms with Crippen molar-refractivity contribution in [1.29, 1.82) is 0 Å². The molecule has 1 N–H and O–H groups in total. The van der Waals surface area contributed by atoms with Crippen molar-refractivity contribution in [2.45, 2.75) is 89.0 Å². The number of hydrogen-bond donors (Lipinski definition) is 1. The average molecular weight is 536 g/mol. The molecular formula is C27H34FNO7S. The molecule has 8 nitrogen and oxygen atoms in total. The van der Waals surface area contributed by atoms with E-state index in [0.29, 0.717) is 5.56 Å². The summed E-state index contributed by atoms with van der Waals surface area (Å²) in [6, 6.07) is 8.55. The fourth-order valence-electron chi connectivity index (χ4n) is 4.07. The zero-order valence-electron chi connectivity index (χ0n) is 21.9. The predicted molar refractivity (Wildman–Crippen MR) is 136 cm³/mol. The minimum Gasteiger partial charge on any atom is -0.486 e. The van der Waals surface area contributed by atoms with Gasteiger partial charge in [-0.05, 0) is 89.9 Å². The van der Waals surface area contributed by atoms with Gasteiger partial charge in [0.25, 0.3) is 10.0 Å². The van der Waals surface area contributed by atoms with Crippen molar-refractivity contribution < 1.29 is 37.0 Å². The van der Waals surface area contributed by atoms with Gasteiger partial charge in [0.15, 0.2) is 5.78 Å². The molecule has 1 aliphatic rings. The summed E-state index contributed by atoms with van der Waals surface area (Å²) < 4.78 is 53.8. The summed E-state index contributed by atoms with van der Waals surface area (Å²) in [5.41, 5.74) is -1.44. The smallest absolute Gasteiger partial charge is 0.310 e. The number of benzene rings is 2. The van der Waals surface area contributed by atoms with Crippen molar-refractivity contribution in [2.24, 2.45) is 0 Å². The van der Waals surface area contributed by atoms with Crippen molar-refractivity contribution in [2.75, 3.05) is 4.31 Å². The summed E-state index contributed by atoms with van der Waals surface area (Å²) >= 11 is 0. The summed E-state index contributed by atoms with van der Waals surface area (Å²) in [6.07, 6.45) is -0.633. The molecule has 0 saturated heterocycles. The highest BCUT2D eigenvalue weighted by Crippen LogP contribution is 2.41. The topological polar surface area (TPSA) is 110 Å². The number of sulfonamides is 1. The van der Waals surface area contributed by atoms with Gasteiger partial charge in [0.05, 0.1) is 23.0 Å². The van der Waals surface area contributed by atoms with Crippen LogP contribution in [-0.4, -0.2) is 48.6 Å². The van der Waals surface area contributed by atoms with E-state index >= 15 is 0 Å². The van der Waals surface area contributed by atoms with E-state index in [9.17, 15) is 27.5 Å². The highest BCUT2D eigenvalue weighted by molar-refractivity contribution is 7.92. The molecular weight excluding hydrogens is 501 g/mol. The van der Waals surface area contributed by atoms with Gasteiger partial charge in [-0.3, -0.25) is 13.9 Å². The molecule has 10 heteroatoms. The summed E-state index contributed by atoms with van der Waals surface area (Å²) in [4.78, 5) is 24.6. The number of carbonyl (C=O) groups excluding carboxylic acids is 2. The maximum Gasteiger partial charge on any atom is 0.310 e. The van der Waals surface area contributed by atoms with Gasteiger partial charge in [0.2, 0.25) is 0 Å². The maximum atomic E-state index is 13.8. The second kappa shape index (κ2) is 10.4. The number of nitrogens with zero attached hydrogens (tertiary/aromatic N) is 1. The average Bonchev–Trinajstić information content (AvgIpc) is 2.75. The highest BCUT2D eigenvalue weighted by Gasteiger charge is 2.41. The van der Waals surface area contributed by atoms with Gasteiger partial charge in [0, 0.05) is 6.42 Å². The first-order valence-corrected chi connectivity index (χ1v) is 13.5. The molecule has 0 unspecified atom stereocenters. The second-order valence-corrected chi connectivity index (χ2v) is 12.6. The summed E-state index contributed by atoms with van der Waals surface area (Å²) in [6.45, 7) is 9.72. The Bertz CT molecular complexity index is 1260. The van der Waals surface area contributed by atoms with Gasteiger partial charge >= 0.3 is 5.97 Å². The zero-order valence-corrected chi connectivity index (χ0v) is 22.8. The fraction of sp³-hybridized carbons (Fsp3) is 0.481. The normalized spacial score (nSPS) is 18.1. The Balaban J connectivity index is 2.02. The third-order valence-electron chi connectivity index (χ3n) is 5.92. The van der Waals surface area contributed by atoms with E-state index in [4.69, 9.17) is 9.47 Å². The SMILES string of the molecule is C[C@@H]1[C@H](CCC(=O)C(C)(C)O)Oc2ccc(CC(=O)OC(C)(C)C)cc2N1S(=O)(=O)c1ccc(F)cc1. The molecule has 0 saturated carbocycles. The van der Waals surface area contributed by atoms with Gasteiger partial charge < -0.3 is 14.6 Å². The first-order chi connectivity index (χ1) is 17.0. The number of ketones is 1. The van der Waals surface area contributed by atoms with Crippen LogP contribution in [-0.2, 0) is 30.8 Å². The van der Waals surface area contributed by atoms with Crippen molar-refractivity contribution in [3.05, 3.63) is 53.8 Å². The third-order valence-corrected chi connectivity index (χ3v) is 7.84. The number of aliphatic hydroxyl groups is 1. The van der Waals surface area contributed by atoms with E-state index < -0.39 is 50.9 Å². The second-order valence-electron chi connectivity index (χ2n) is 10.7. The number of Topliss-reactive ketones (excluding diaryl/α,β-unsaturated/α-hetero) is 1. The van der Waals surface area contributed by atoms with E-state index in [0.717, 1.165) is 12.1 Å². The van der Waals surface area contributed by atoms with Crippen LogP contribution in [0.5, 0.6) is 5.75 Å². The van der Waals surface area contributed by atoms with Crippen molar-refractivity contribution in [3.63, 3.8) is 0 Å². The Kier molecular flexibility index (Phi) is 8.05. The molecule has 2 aromatic carbocycles. The Morgan fingerprint density at radius 3 is 2.27 bits per heavy atom. The van der Waals surface area contributed by atoms with Crippen LogP contribution < -0.4 is 9.04 Å². The number of halogens is 1. The number of anilines is 1. The lowest BCUT2D eigenvalue weighted by Gasteiger charge is -2.41. The monoisotopic (exact) mass is 535 g/mol. The predicted octanol–water partition coefficient (Wildman–Crippen LogP) is 4.17. The van der Waals surface area contributed by atoms with Crippen LogP contribution >= 0.6 is 0 Å². The molecule has 2 aromatic rings.